The maximum atomic E-state index is 5.29. The number of hydrogen-bond acceptors (Lipinski definition) is 3. The van der Waals surface area contributed by atoms with Crippen molar-refractivity contribution >= 4 is 21.8 Å². The van der Waals surface area contributed by atoms with Gasteiger partial charge in [0, 0.05) is 32.9 Å². The first kappa shape index (κ1) is 25.9. The predicted octanol–water partition coefficient (Wildman–Crippen LogP) is 10.0. The van der Waals surface area contributed by atoms with Gasteiger partial charge in [0.25, 0.3) is 0 Å². The molecule has 4 fully saturated rings. The molecule has 4 saturated carbocycles. The highest BCUT2D eigenvalue weighted by Crippen LogP contribution is 2.85. The number of para-hydroxylation sites is 1. The van der Waals surface area contributed by atoms with Crippen molar-refractivity contribution in [3.05, 3.63) is 132 Å². The third-order valence-electron chi connectivity index (χ3n) is 13.4. The summed E-state index contributed by atoms with van der Waals surface area (Å²) >= 11 is 0. The SMILES string of the molecule is c1ccc(-c2nc(-c3ccccc3)nc(-n3c4ccccc4c4ccc5c(c43)-c3ccccc3C53C4CC5CC6CC3C4(C5)C6)n2)cc1. The van der Waals surface area contributed by atoms with E-state index in [1.54, 1.807) is 11.1 Å². The molecular weight excluding hydrogens is 585 g/mol. The molecule has 4 atom stereocenters. The summed E-state index contributed by atoms with van der Waals surface area (Å²) in [6.07, 6.45) is 7.21. The van der Waals surface area contributed by atoms with E-state index in [-0.39, 0.29) is 5.41 Å². The van der Waals surface area contributed by atoms with Crippen LogP contribution in [0.3, 0.4) is 0 Å². The summed E-state index contributed by atoms with van der Waals surface area (Å²) in [6.45, 7) is 0. The molecule has 2 aromatic heterocycles. The summed E-state index contributed by atoms with van der Waals surface area (Å²) in [5.74, 6) is 5.38. The second kappa shape index (κ2) is 8.87. The zero-order valence-electron chi connectivity index (χ0n) is 26.7. The Morgan fingerprint density at radius 3 is 1.88 bits per heavy atom. The quantitative estimate of drug-likeness (QED) is 0.198. The summed E-state index contributed by atoms with van der Waals surface area (Å²) < 4.78 is 2.37. The molecule has 5 aliphatic carbocycles. The number of aromatic nitrogens is 4. The minimum Gasteiger partial charge on any atom is -0.277 e. The maximum absolute atomic E-state index is 5.29. The van der Waals surface area contributed by atoms with Crippen molar-refractivity contribution in [3.63, 3.8) is 0 Å². The van der Waals surface area contributed by atoms with Gasteiger partial charge in [-0.1, -0.05) is 115 Å². The summed E-state index contributed by atoms with van der Waals surface area (Å²) in [5.41, 5.74) is 11.0. The fourth-order valence-electron chi connectivity index (χ4n) is 12.3. The van der Waals surface area contributed by atoms with Crippen LogP contribution in [0.1, 0.15) is 43.2 Å². The van der Waals surface area contributed by atoms with Crippen LogP contribution < -0.4 is 0 Å². The lowest BCUT2D eigenvalue weighted by atomic mass is 9.38. The second-order valence-electron chi connectivity index (χ2n) is 15.4. The van der Waals surface area contributed by atoms with Gasteiger partial charge in [-0.2, -0.15) is 9.97 Å². The van der Waals surface area contributed by atoms with Gasteiger partial charge in [0.05, 0.1) is 11.0 Å². The molecule has 4 unspecified atom stereocenters. The Balaban J connectivity index is 1.19. The zero-order chi connectivity index (χ0) is 31.2. The number of rotatable bonds is 3. The van der Waals surface area contributed by atoms with Crippen molar-refractivity contribution in [1.29, 1.82) is 0 Å². The van der Waals surface area contributed by atoms with Crippen LogP contribution in [0.15, 0.2) is 121 Å². The fourth-order valence-corrected chi connectivity index (χ4v) is 12.3. The Morgan fingerprint density at radius 1 is 0.542 bits per heavy atom. The smallest absolute Gasteiger partial charge is 0.238 e. The van der Waals surface area contributed by atoms with Crippen LogP contribution in [0.2, 0.25) is 0 Å². The normalized spacial score (nSPS) is 28.6. The highest BCUT2D eigenvalue weighted by atomic mass is 15.2. The van der Waals surface area contributed by atoms with E-state index in [1.807, 2.05) is 12.1 Å². The minimum absolute atomic E-state index is 0.120. The van der Waals surface area contributed by atoms with Crippen LogP contribution in [0.5, 0.6) is 0 Å². The molecular formula is C44H34N4. The average molecular weight is 619 g/mol. The summed E-state index contributed by atoms with van der Waals surface area (Å²) in [7, 11) is 0. The van der Waals surface area contributed by atoms with Crippen LogP contribution in [-0.4, -0.2) is 19.5 Å². The van der Waals surface area contributed by atoms with E-state index in [9.17, 15) is 0 Å². The number of nitrogens with zero attached hydrogens (tertiary/aromatic N) is 4. The highest BCUT2D eigenvalue weighted by Gasteiger charge is 2.79. The van der Waals surface area contributed by atoms with Crippen LogP contribution in [0.25, 0.3) is 61.7 Å². The molecule has 4 heteroatoms. The lowest BCUT2D eigenvalue weighted by molar-refractivity contribution is -0.0820. The van der Waals surface area contributed by atoms with Gasteiger partial charge in [-0.3, -0.25) is 4.57 Å². The predicted molar refractivity (Wildman–Crippen MR) is 191 cm³/mol. The summed E-state index contributed by atoms with van der Waals surface area (Å²) in [5, 5.41) is 2.51. The molecule has 230 valence electrons. The molecule has 0 aliphatic heterocycles. The fraction of sp³-hybridized carbons (Fsp3) is 0.250. The number of fused-ring (bicyclic) bond motifs is 13. The van der Waals surface area contributed by atoms with E-state index in [2.05, 4.69) is 114 Å². The first-order chi connectivity index (χ1) is 23.7. The Bertz CT molecular complexity index is 2400. The van der Waals surface area contributed by atoms with Crippen LogP contribution in [-0.2, 0) is 5.41 Å². The topological polar surface area (TPSA) is 43.6 Å². The van der Waals surface area contributed by atoms with Crippen molar-refractivity contribution in [1.82, 2.24) is 19.5 Å². The summed E-state index contributed by atoms with van der Waals surface area (Å²) in [4.78, 5) is 15.6. The molecule has 5 aliphatic rings. The third-order valence-corrected chi connectivity index (χ3v) is 13.4. The van der Waals surface area contributed by atoms with Gasteiger partial charge in [-0.05, 0) is 83.9 Å². The van der Waals surface area contributed by atoms with E-state index >= 15 is 0 Å². The van der Waals surface area contributed by atoms with Gasteiger partial charge in [-0.15, -0.1) is 0 Å². The van der Waals surface area contributed by atoms with Crippen molar-refractivity contribution in [2.75, 3.05) is 0 Å². The Hall–Kier alpha value is -5.09. The maximum Gasteiger partial charge on any atom is 0.238 e. The van der Waals surface area contributed by atoms with Gasteiger partial charge in [0.15, 0.2) is 11.6 Å². The molecule has 4 nitrogen and oxygen atoms in total. The molecule has 0 radical (unpaired) electrons. The van der Waals surface area contributed by atoms with Crippen molar-refractivity contribution in [3.8, 4) is 39.9 Å². The first-order valence-corrected chi connectivity index (χ1v) is 17.8. The lowest BCUT2D eigenvalue weighted by Crippen LogP contribution is -2.62. The molecule has 0 amide bonds. The van der Waals surface area contributed by atoms with Gasteiger partial charge >= 0.3 is 0 Å². The Labute approximate surface area is 279 Å². The van der Waals surface area contributed by atoms with Crippen LogP contribution >= 0.6 is 0 Å². The molecule has 0 N–H and O–H groups in total. The minimum atomic E-state index is 0.120. The molecule has 0 saturated heterocycles. The van der Waals surface area contributed by atoms with Crippen LogP contribution in [0, 0.1) is 29.1 Å². The Kier molecular flexibility index (Phi) is 4.79. The second-order valence-corrected chi connectivity index (χ2v) is 15.4. The standard InChI is InChI=1S/C44H34N4/c1-3-11-28(12-4-1)40-45-41(29-13-5-2-6-14-29)47-42(46-40)48-35-18-10-8-15-30(35)31-19-20-34-38(39(31)48)32-16-7-9-17-33(32)44(34)36-22-26-21-27-23-37(44)43(36,24-26)25-27/h1-20,26-27,36-37H,21-25H2. The van der Waals surface area contributed by atoms with E-state index < -0.39 is 0 Å². The molecule has 5 aromatic carbocycles. The third kappa shape index (κ3) is 2.98. The van der Waals surface area contributed by atoms with E-state index in [0.29, 0.717) is 23.0 Å². The first-order valence-electron chi connectivity index (χ1n) is 17.8. The monoisotopic (exact) mass is 618 g/mol. The van der Waals surface area contributed by atoms with Gasteiger partial charge < -0.3 is 0 Å². The lowest BCUT2D eigenvalue weighted by Gasteiger charge is -2.64. The van der Waals surface area contributed by atoms with Gasteiger partial charge in [0.1, 0.15) is 0 Å². The average Bonchev–Trinajstić information content (AvgIpc) is 3.80. The number of benzene rings is 5. The molecule has 2 spiro atoms. The number of hydrogen-bond donors (Lipinski definition) is 0. The van der Waals surface area contributed by atoms with Crippen molar-refractivity contribution in [2.24, 2.45) is 29.1 Å². The molecule has 7 aromatic rings. The largest absolute Gasteiger partial charge is 0.277 e. The molecule has 2 heterocycles. The zero-order valence-corrected chi connectivity index (χ0v) is 26.7. The molecule has 12 rings (SSSR count). The van der Waals surface area contributed by atoms with E-state index in [0.717, 1.165) is 40.3 Å². The van der Waals surface area contributed by atoms with Crippen LogP contribution in [0.4, 0.5) is 0 Å². The highest BCUT2D eigenvalue weighted by molar-refractivity contribution is 6.15. The molecule has 48 heavy (non-hydrogen) atoms. The van der Waals surface area contributed by atoms with E-state index in [4.69, 9.17) is 15.0 Å². The van der Waals surface area contributed by atoms with Crippen molar-refractivity contribution in [2.45, 2.75) is 37.5 Å². The van der Waals surface area contributed by atoms with E-state index in [1.165, 1.54) is 59.5 Å². The Morgan fingerprint density at radius 2 is 1.17 bits per heavy atom. The molecule has 3 bridgehead atoms. The summed E-state index contributed by atoms with van der Waals surface area (Å²) in [6, 6.07) is 43.9. The van der Waals surface area contributed by atoms with Crippen molar-refractivity contribution < 1.29 is 0 Å². The van der Waals surface area contributed by atoms with Gasteiger partial charge in [-0.25, -0.2) is 4.98 Å². The van der Waals surface area contributed by atoms with Gasteiger partial charge in [0.2, 0.25) is 5.95 Å².